The molecule has 0 fully saturated rings. The summed E-state index contributed by atoms with van der Waals surface area (Å²) < 4.78 is 18.5. The molecular weight excluding hydrogens is 353 g/mol. The van der Waals surface area contributed by atoms with Crippen molar-refractivity contribution in [2.75, 3.05) is 0 Å². The van der Waals surface area contributed by atoms with E-state index in [0.29, 0.717) is 17.0 Å². The van der Waals surface area contributed by atoms with Crippen molar-refractivity contribution in [1.29, 1.82) is 0 Å². The molecule has 0 radical (unpaired) electrons. The van der Waals surface area contributed by atoms with E-state index >= 15 is 0 Å². The zero-order valence-electron chi connectivity index (χ0n) is 15.9. The maximum atomic E-state index is 13.4. The number of amides is 1. The maximum Gasteiger partial charge on any atom is 0.305 e. The molecule has 1 aromatic heterocycles. The average Bonchev–Trinajstić information content (AvgIpc) is 3.03. The molecule has 0 aliphatic carbocycles. The van der Waals surface area contributed by atoms with Crippen molar-refractivity contribution in [2.24, 2.45) is 5.92 Å². The van der Waals surface area contributed by atoms with Gasteiger partial charge in [0.1, 0.15) is 5.82 Å². The number of carbonyl (C=O) groups is 2. The van der Waals surface area contributed by atoms with E-state index in [1.165, 1.54) is 6.07 Å². The van der Waals surface area contributed by atoms with Crippen molar-refractivity contribution < 1.29 is 23.6 Å². The number of nitrogens with one attached hydrogen (secondary N) is 1. The van der Waals surface area contributed by atoms with E-state index in [9.17, 15) is 14.0 Å². The fraction of sp³-hybridized carbons (Fsp3) is 0.474. The number of hydrogen-bond acceptors (Lipinski definition) is 5. The second kappa shape index (κ2) is 8.28. The molecule has 1 aromatic carbocycles. The third kappa shape index (κ3) is 5.35. The Bertz CT molecular complexity index is 834. The van der Waals surface area contributed by atoms with Gasteiger partial charge in [0.25, 0.3) is 0 Å². The van der Waals surface area contributed by atoms with Gasteiger partial charge in [0.2, 0.25) is 17.6 Å². The molecule has 1 unspecified atom stereocenters. The summed E-state index contributed by atoms with van der Waals surface area (Å²) in [4.78, 5) is 27.5. The Morgan fingerprint density at radius 1 is 1.37 bits per heavy atom. The molecule has 146 valence electrons. The number of hydrogen-bond donors (Lipinski definition) is 2. The standard InChI is InChI=1S/C19H24FN3O4/c1-11(2)19(4,10-17(25)26)22-15(24)7-8-16-21-18(23-27-16)13-5-6-14(20)12(3)9-13/h5-6,9,11H,7-8,10H2,1-4H3,(H,22,24)(H,25,26). The molecule has 1 amide bonds. The summed E-state index contributed by atoms with van der Waals surface area (Å²) in [6, 6.07) is 4.52. The smallest absolute Gasteiger partial charge is 0.305 e. The number of carbonyl (C=O) groups excluding carboxylic acids is 1. The molecule has 0 spiro atoms. The lowest BCUT2D eigenvalue weighted by atomic mass is 9.85. The van der Waals surface area contributed by atoms with Crippen LogP contribution in [0.5, 0.6) is 0 Å². The fourth-order valence-corrected chi connectivity index (χ4v) is 2.57. The topological polar surface area (TPSA) is 105 Å². The SMILES string of the molecule is Cc1cc(-c2noc(CCC(=O)NC(C)(CC(=O)O)C(C)C)n2)ccc1F. The highest BCUT2D eigenvalue weighted by Crippen LogP contribution is 2.22. The first kappa shape index (κ1) is 20.5. The van der Waals surface area contributed by atoms with Crippen molar-refractivity contribution in [3.8, 4) is 11.4 Å². The van der Waals surface area contributed by atoms with Crippen LogP contribution in [-0.2, 0) is 16.0 Å². The van der Waals surface area contributed by atoms with E-state index in [1.807, 2.05) is 13.8 Å². The summed E-state index contributed by atoms with van der Waals surface area (Å²) in [5.74, 6) is -1.01. The molecule has 2 aromatic rings. The maximum absolute atomic E-state index is 13.4. The van der Waals surface area contributed by atoms with Gasteiger partial charge < -0.3 is 14.9 Å². The predicted molar refractivity (Wildman–Crippen MR) is 96.4 cm³/mol. The van der Waals surface area contributed by atoms with Gasteiger partial charge in [-0.3, -0.25) is 9.59 Å². The molecule has 2 rings (SSSR count). The van der Waals surface area contributed by atoms with E-state index < -0.39 is 11.5 Å². The number of carboxylic acid groups (broad SMARTS) is 1. The molecule has 7 nitrogen and oxygen atoms in total. The van der Waals surface area contributed by atoms with Gasteiger partial charge in [-0.1, -0.05) is 19.0 Å². The Balaban J connectivity index is 1.98. The van der Waals surface area contributed by atoms with Crippen molar-refractivity contribution in [2.45, 2.75) is 52.5 Å². The van der Waals surface area contributed by atoms with E-state index in [-0.39, 0.29) is 42.8 Å². The van der Waals surface area contributed by atoms with Gasteiger partial charge in [0, 0.05) is 23.9 Å². The van der Waals surface area contributed by atoms with Gasteiger partial charge in [-0.15, -0.1) is 0 Å². The second-order valence-electron chi connectivity index (χ2n) is 7.17. The Morgan fingerprint density at radius 3 is 2.67 bits per heavy atom. The number of rotatable bonds is 8. The summed E-state index contributed by atoms with van der Waals surface area (Å²) >= 11 is 0. The van der Waals surface area contributed by atoms with Crippen LogP contribution in [0.15, 0.2) is 22.7 Å². The Labute approximate surface area is 157 Å². The summed E-state index contributed by atoms with van der Waals surface area (Å²) in [6.07, 6.45) is 0.150. The number of aromatic nitrogens is 2. The van der Waals surface area contributed by atoms with Gasteiger partial charge in [-0.2, -0.15) is 4.98 Å². The van der Waals surface area contributed by atoms with Crippen LogP contribution in [-0.4, -0.2) is 32.7 Å². The molecule has 0 saturated carbocycles. The van der Waals surface area contributed by atoms with Crippen LogP contribution in [0.1, 0.15) is 45.1 Å². The van der Waals surface area contributed by atoms with Crippen molar-refractivity contribution >= 4 is 11.9 Å². The van der Waals surface area contributed by atoms with E-state index in [4.69, 9.17) is 9.63 Å². The number of carboxylic acids is 1. The Morgan fingerprint density at radius 2 is 2.07 bits per heavy atom. The highest BCUT2D eigenvalue weighted by Gasteiger charge is 2.32. The van der Waals surface area contributed by atoms with E-state index in [1.54, 1.807) is 26.0 Å². The molecule has 8 heteroatoms. The van der Waals surface area contributed by atoms with E-state index in [2.05, 4.69) is 15.5 Å². The Kier molecular flexibility index (Phi) is 6.30. The summed E-state index contributed by atoms with van der Waals surface area (Å²) in [5, 5.41) is 15.7. The van der Waals surface area contributed by atoms with Crippen LogP contribution in [0, 0.1) is 18.7 Å². The first-order chi connectivity index (χ1) is 12.6. The highest BCUT2D eigenvalue weighted by molar-refractivity contribution is 5.78. The van der Waals surface area contributed by atoms with Crippen molar-refractivity contribution in [3.05, 3.63) is 35.5 Å². The molecule has 1 atom stereocenters. The lowest BCUT2D eigenvalue weighted by Crippen LogP contribution is -2.51. The van der Waals surface area contributed by atoms with Gasteiger partial charge in [-0.25, -0.2) is 4.39 Å². The number of aliphatic carboxylic acids is 1. The first-order valence-corrected chi connectivity index (χ1v) is 8.72. The quantitative estimate of drug-likeness (QED) is 0.732. The molecule has 27 heavy (non-hydrogen) atoms. The number of halogens is 1. The minimum absolute atomic E-state index is 0.0470. The molecule has 0 bridgehead atoms. The van der Waals surface area contributed by atoms with Gasteiger partial charge in [0.05, 0.1) is 6.42 Å². The average molecular weight is 377 g/mol. The molecular formula is C19H24FN3O4. The molecule has 2 N–H and O–H groups in total. The van der Waals surface area contributed by atoms with Crippen LogP contribution in [0.25, 0.3) is 11.4 Å². The third-order valence-electron chi connectivity index (χ3n) is 4.67. The molecule has 0 saturated heterocycles. The van der Waals surface area contributed by atoms with Crippen LogP contribution >= 0.6 is 0 Å². The molecule has 1 heterocycles. The van der Waals surface area contributed by atoms with Crippen molar-refractivity contribution in [3.63, 3.8) is 0 Å². The number of benzene rings is 1. The second-order valence-corrected chi connectivity index (χ2v) is 7.17. The van der Waals surface area contributed by atoms with Gasteiger partial charge in [0.15, 0.2) is 0 Å². The normalized spacial score (nSPS) is 13.4. The van der Waals surface area contributed by atoms with Crippen LogP contribution in [0.4, 0.5) is 4.39 Å². The summed E-state index contributed by atoms with van der Waals surface area (Å²) in [5.41, 5.74) is 0.265. The molecule has 0 aliphatic rings. The minimum atomic E-state index is -0.970. The van der Waals surface area contributed by atoms with Crippen LogP contribution < -0.4 is 5.32 Å². The first-order valence-electron chi connectivity index (χ1n) is 8.72. The Hall–Kier alpha value is -2.77. The summed E-state index contributed by atoms with van der Waals surface area (Å²) in [7, 11) is 0. The fourth-order valence-electron chi connectivity index (χ4n) is 2.57. The van der Waals surface area contributed by atoms with Gasteiger partial charge >= 0.3 is 5.97 Å². The molecule has 0 aliphatic heterocycles. The zero-order valence-corrected chi connectivity index (χ0v) is 15.9. The summed E-state index contributed by atoms with van der Waals surface area (Å²) in [6.45, 7) is 7.08. The lowest BCUT2D eigenvalue weighted by Gasteiger charge is -2.33. The minimum Gasteiger partial charge on any atom is -0.481 e. The monoisotopic (exact) mass is 377 g/mol. The zero-order chi connectivity index (χ0) is 20.2. The van der Waals surface area contributed by atoms with Crippen LogP contribution in [0.2, 0.25) is 0 Å². The highest BCUT2D eigenvalue weighted by atomic mass is 19.1. The van der Waals surface area contributed by atoms with Crippen LogP contribution in [0.3, 0.4) is 0 Å². The van der Waals surface area contributed by atoms with Crippen molar-refractivity contribution in [1.82, 2.24) is 15.5 Å². The largest absolute Gasteiger partial charge is 0.481 e. The predicted octanol–water partition coefficient (Wildman–Crippen LogP) is 3.12. The lowest BCUT2D eigenvalue weighted by molar-refractivity contribution is -0.139. The number of nitrogens with zero attached hydrogens (tertiary/aromatic N) is 2. The third-order valence-corrected chi connectivity index (χ3v) is 4.67. The van der Waals surface area contributed by atoms with Gasteiger partial charge in [-0.05, 0) is 43.5 Å². The van der Waals surface area contributed by atoms with E-state index in [0.717, 1.165) is 0 Å². The number of aryl methyl sites for hydroxylation is 2.